The Morgan fingerprint density at radius 3 is 1.28 bits per heavy atom. The van der Waals surface area contributed by atoms with Crippen LogP contribution in [0, 0.1) is 0 Å². The molecule has 2 atom stereocenters. The van der Waals surface area contributed by atoms with Crippen LogP contribution in [0.5, 0.6) is 0 Å². The van der Waals surface area contributed by atoms with Crippen LogP contribution in [0.25, 0.3) is 0 Å². The number of hydrogen-bond donors (Lipinski definition) is 0. The summed E-state index contributed by atoms with van der Waals surface area (Å²) < 4.78 is 34.0. The normalized spacial score (nSPS) is 13.7. The molecule has 0 fully saturated rings. The molecule has 0 aromatic carbocycles. The Kier molecular flexibility index (Phi) is 39.8. The summed E-state index contributed by atoms with van der Waals surface area (Å²) in [4.78, 5) is 37.6. The number of rotatable bonds is 44. The van der Waals surface area contributed by atoms with Crippen molar-refractivity contribution < 1.29 is 42.1 Å². The van der Waals surface area contributed by atoms with Crippen LogP contribution in [0.15, 0.2) is 24.3 Å². The van der Waals surface area contributed by atoms with E-state index in [2.05, 4.69) is 38.2 Å². The summed E-state index contributed by atoms with van der Waals surface area (Å²) in [5.41, 5.74) is 0. The van der Waals surface area contributed by atoms with Crippen LogP contribution < -0.4 is 4.89 Å². The molecule has 0 aromatic rings. The van der Waals surface area contributed by atoms with Gasteiger partial charge in [0.1, 0.15) is 19.8 Å². The van der Waals surface area contributed by atoms with Crippen molar-refractivity contribution >= 4 is 19.8 Å². The molecule has 0 aromatic heterocycles. The van der Waals surface area contributed by atoms with Crippen molar-refractivity contribution in [3.8, 4) is 0 Å². The summed E-state index contributed by atoms with van der Waals surface area (Å²) in [6, 6.07) is 0. The average Bonchev–Trinajstić information content (AvgIpc) is 3.17. The van der Waals surface area contributed by atoms with Gasteiger partial charge in [0.25, 0.3) is 7.82 Å². The average molecular weight is 842 g/mol. The summed E-state index contributed by atoms with van der Waals surface area (Å²) >= 11 is 0. The van der Waals surface area contributed by atoms with E-state index in [0.29, 0.717) is 17.4 Å². The van der Waals surface area contributed by atoms with Crippen LogP contribution in [-0.2, 0) is 32.7 Å². The zero-order chi connectivity index (χ0) is 42.8. The second-order valence-corrected chi connectivity index (χ2v) is 18.9. The van der Waals surface area contributed by atoms with Gasteiger partial charge in [-0.15, -0.1) is 0 Å². The maximum atomic E-state index is 12.7. The van der Waals surface area contributed by atoms with Gasteiger partial charge in [0.15, 0.2) is 6.10 Å². The Morgan fingerprint density at radius 2 is 0.879 bits per heavy atom. The van der Waals surface area contributed by atoms with Gasteiger partial charge in [-0.1, -0.05) is 167 Å². The first-order valence-corrected chi connectivity index (χ1v) is 25.5. The molecular weight excluding hydrogens is 750 g/mol. The Balaban J connectivity index is 4.28. The van der Waals surface area contributed by atoms with E-state index >= 15 is 0 Å². The fourth-order valence-electron chi connectivity index (χ4n) is 6.64. The molecule has 0 saturated carbocycles. The molecule has 9 nitrogen and oxygen atoms in total. The maximum absolute atomic E-state index is 12.7. The summed E-state index contributed by atoms with van der Waals surface area (Å²) in [5.74, 6) is -0.839. The summed E-state index contributed by atoms with van der Waals surface area (Å²) in [6.45, 7) is 4.23. The van der Waals surface area contributed by atoms with Gasteiger partial charge in [0.05, 0.1) is 27.7 Å². The molecule has 0 amide bonds. The van der Waals surface area contributed by atoms with Crippen molar-refractivity contribution in [1.82, 2.24) is 0 Å². The van der Waals surface area contributed by atoms with Crippen LogP contribution in [0.4, 0.5) is 0 Å². The van der Waals surface area contributed by atoms with E-state index in [1.54, 1.807) is 0 Å². The lowest BCUT2D eigenvalue weighted by Gasteiger charge is -2.28. The minimum Gasteiger partial charge on any atom is -0.756 e. The number of carbonyl (C=O) groups is 2. The van der Waals surface area contributed by atoms with Crippen LogP contribution in [0.2, 0.25) is 0 Å². The minimum absolute atomic E-state index is 0.0313. The Hall–Kier alpha value is -1.51. The van der Waals surface area contributed by atoms with Gasteiger partial charge < -0.3 is 27.9 Å². The quantitative estimate of drug-likeness (QED) is 0.0196. The molecule has 0 heterocycles. The number of esters is 2. The number of nitrogens with zero attached hydrogens (tertiary/aromatic N) is 1. The number of carbonyl (C=O) groups excluding carboxylic acids is 2. The molecule has 0 aliphatic rings. The highest BCUT2D eigenvalue weighted by atomic mass is 31.2. The first kappa shape index (κ1) is 56.5. The van der Waals surface area contributed by atoms with E-state index in [1.165, 1.54) is 135 Å². The second kappa shape index (κ2) is 40.9. The van der Waals surface area contributed by atoms with Gasteiger partial charge in [0, 0.05) is 12.8 Å². The van der Waals surface area contributed by atoms with Crippen molar-refractivity contribution in [1.29, 1.82) is 0 Å². The molecule has 1 unspecified atom stereocenters. The SMILES string of the molecule is CCCCCCCC/C=C/CCCCCCCCCCCC(=O)OC[C@H](COP(=O)([O-])OCC[N+](C)(C)C)OC(=O)CCCCCCC/C=C/CCCCCCCC. The number of unbranched alkanes of at least 4 members (excludes halogenated alkanes) is 26. The van der Waals surface area contributed by atoms with E-state index < -0.39 is 26.5 Å². The Labute approximate surface area is 358 Å². The minimum atomic E-state index is -4.63. The molecule has 0 N–H and O–H groups in total. The van der Waals surface area contributed by atoms with Gasteiger partial charge in [-0.05, 0) is 64.2 Å². The highest BCUT2D eigenvalue weighted by Gasteiger charge is 2.21. The smallest absolute Gasteiger partial charge is 0.306 e. The fourth-order valence-corrected chi connectivity index (χ4v) is 7.37. The largest absolute Gasteiger partial charge is 0.756 e. The molecule has 0 aliphatic carbocycles. The standard InChI is InChI=1S/C48H92NO8P/c1-6-8-10-12-14-16-18-20-22-23-24-25-27-28-30-32-34-36-38-40-47(50)54-44-46(45-56-58(52,53)55-43-42-49(3,4)5)57-48(51)41-39-37-35-33-31-29-26-21-19-17-15-13-11-9-7-2/h20-22,26,46H,6-19,23-25,27-45H2,1-5H3/b22-20+,26-21+/t46-/m1/s1. The van der Waals surface area contributed by atoms with E-state index in [1.807, 2.05) is 21.1 Å². The Morgan fingerprint density at radius 1 is 0.517 bits per heavy atom. The van der Waals surface area contributed by atoms with Crippen molar-refractivity contribution in [2.45, 2.75) is 225 Å². The molecule has 0 rings (SSSR count). The third-order valence-corrected chi connectivity index (χ3v) is 11.4. The molecule has 58 heavy (non-hydrogen) atoms. The molecule has 0 spiro atoms. The third kappa shape index (κ3) is 44.1. The predicted molar refractivity (Wildman–Crippen MR) is 241 cm³/mol. The van der Waals surface area contributed by atoms with Gasteiger partial charge in [-0.3, -0.25) is 14.2 Å². The molecule has 0 saturated heterocycles. The van der Waals surface area contributed by atoms with Gasteiger partial charge in [0.2, 0.25) is 0 Å². The van der Waals surface area contributed by atoms with E-state index in [0.717, 1.165) is 51.4 Å². The van der Waals surface area contributed by atoms with Crippen molar-refractivity contribution in [3.05, 3.63) is 24.3 Å². The zero-order valence-corrected chi connectivity index (χ0v) is 39.4. The number of likely N-dealkylation sites (N-methyl/N-ethyl adjacent to an activating group) is 1. The predicted octanol–water partition coefficient (Wildman–Crippen LogP) is 13.3. The maximum Gasteiger partial charge on any atom is 0.306 e. The van der Waals surface area contributed by atoms with Crippen molar-refractivity contribution in [2.75, 3.05) is 47.5 Å². The Bertz CT molecular complexity index is 1040. The summed E-state index contributed by atoms with van der Waals surface area (Å²) in [5, 5.41) is 0. The monoisotopic (exact) mass is 842 g/mol. The second-order valence-electron chi connectivity index (χ2n) is 17.5. The molecule has 342 valence electrons. The number of ether oxygens (including phenoxy) is 2. The van der Waals surface area contributed by atoms with E-state index in [4.69, 9.17) is 18.5 Å². The van der Waals surface area contributed by atoms with E-state index in [9.17, 15) is 19.0 Å². The molecular formula is C48H92NO8P. The third-order valence-electron chi connectivity index (χ3n) is 10.4. The lowest BCUT2D eigenvalue weighted by molar-refractivity contribution is -0.870. The highest BCUT2D eigenvalue weighted by Crippen LogP contribution is 2.38. The van der Waals surface area contributed by atoms with Crippen LogP contribution in [0.1, 0.15) is 219 Å². The summed E-state index contributed by atoms with van der Waals surface area (Å²) in [7, 11) is 1.16. The lowest BCUT2D eigenvalue weighted by atomic mass is 10.1. The van der Waals surface area contributed by atoms with Crippen LogP contribution in [-0.4, -0.2) is 70.0 Å². The van der Waals surface area contributed by atoms with Crippen LogP contribution in [0.3, 0.4) is 0 Å². The van der Waals surface area contributed by atoms with E-state index in [-0.39, 0.29) is 32.0 Å². The van der Waals surface area contributed by atoms with Gasteiger partial charge in [-0.2, -0.15) is 0 Å². The first-order valence-electron chi connectivity index (χ1n) is 24.0. The van der Waals surface area contributed by atoms with Crippen molar-refractivity contribution in [3.63, 3.8) is 0 Å². The van der Waals surface area contributed by atoms with Gasteiger partial charge in [-0.25, -0.2) is 0 Å². The number of phosphoric acid groups is 1. The fraction of sp³-hybridized carbons (Fsp3) is 0.875. The lowest BCUT2D eigenvalue weighted by Crippen LogP contribution is -2.37. The zero-order valence-electron chi connectivity index (χ0n) is 38.5. The highest BCUT2D eigenvalue weighted by molar-refractivity contribution is 7.45. The van der Waals surface area contributed by atoms with Gasteiger partial charge >= 0.3 is 11.9 Å². The molecule has 0 radical (unpaired) electrons. The first-order chi connectivity index (χ1) is 28.0. The number of phosphoric ester groups is 1. The van der Waals surface area contributed by atoms with Crippen LogP contribution >= 0.6 is 7.82 Å². The molecule has 10 heteroatoms. The summed E-state index contributed by atoms with van der Waals surface area (Å²) in [6.07, 6.45) is 44.8. The molecule has 0 bridgehead atoms. The topological polar surface area (TPSA) is 111 Å². The number of quaternary nitrogens is 1. The molecule has 0 aliphatic heterocycles. The van der Waals surface area contributed by atoms with Crippen molar-refractivity contribution in [2.24, 2.45) is 0 Å². The number of allylic oxidation sites excluding steroid dienone is 4. The number of hydrogen-bond acceptors (Lipinski definition) is 8.